The third kappa shape index (κ3) is 2.56. The molecule has 0 aliphatic carbocycles. The van der Waals surface area contributed by atoms with E-state index in [1.807, 2.05) is 32.3 Å². The number of nitrogens with zero attached hydrogens (tertiary/aromatic N) is 6. The zero-order valence-corrected chi connectivity index (χ0v) is 13.7. The van der Waals surface area contributed by atoms with Crippen LogP contribution in [0.1, 0.15) is 23.6 Å². The molecule has 6 heteroatoms. The van der Waals surface area contributed by atoms with E-state index in [1.54, 1.807) is 4.68 Å². The average molecular weight is 318 g/mol. The number of hydrogen-bond acceptors (Lipinski definition) is 5. The highest BCUT2D eigenvalue weighted by Crippen LogP contribution is 2.32. The molecule has 6 nitrogen and oxygen atoms in total. The molecule has 1 atom stereocenters. The first kappa shape index (κ1) is 14.6. The number of fused-ring (bicyclic) bond motifs is 1. The van der Waals surface area contributed by atoms with Gasteiger partial charge in [-0.3, -0.25) is 0 Å². The summed E-state index contributed by atoms with van der Waals surface area (Å²) in [4.78, 5) is 6.72. The van der Waals surface area contributed by atoms with Crippen molar-refractivity contribution < 1.29 is 0 Å². The smallest absolute Gasteiger partial charge is 0.269 e. The van der Waals surface area contributed by atoms with Gasteiger partial charge in [-0.1, -0.05) is 47.6 Å². The minimum absolute atomic E-state index is 0.0546. The fraction of sp³-hybridized carbons (Fsp3) is 0.222. The van der Waals surface area contributed by atoms with Gasteiger partial charge in [0.15, 0.2) is 0 Å². The van der Waals surface area contributed by atoms with Crippen LogP contribution in [0.4, 0.5) is 11.6 Å². The van der Waals surface area contributed by atoms with Crippen LogP contribution in [-0.2, 0) is 0 Å². The lowest BCUT2D eigenvalue weighted by atomic mass is 9.96. The Morgan fingerprint density at radius 3 is 2.46 bits per heavy atom. The lowest BCUT2D eigenvalue weighted by molar-refractivity contribution is 0.515. The summed E-state index contributed by atoms with van der Waals surface area (Å²) in [6.07, 6.45) is 0.767. The summed E-state index contributed by atoms with van der Waals surface area (Å²) in [7, 11) is 4.07. The first-order valence-corrected chi connectivity index (χ1v) is 7.90. The van der Waals surface area contributed by atoms with Crippen molar-refractivity contribution in [1.29, 1.82) is 0 Å². The Balaban J connectivity index is 1.73. The molecule has 0 amide bonds. The molecule has 0 N–H and O–H groups in total. The highest BCUT2D eigenvalue weighted by Gasteiger charge is 2.26. The Hall–Kier alpha value is -3.02. The summed E-state index contributed by atoms with van der Waals surface area (Å²) >= 11 is 0. The molecule has 0 spiro atoms. The third-order valence-electron chi connectivity index (χ3n) is 4.29. The van der Waals surface area contributed by atoms with E-state index in [1.165, 1.54) is 11.3 Å². The molecule has 3 aromatic rings. The minimum atomic E-state index is 0.0546. The maximum Gasteiger partial charge on any atom is 0.269 e. The van der Waals surface area contributed by atoms with Crippen molar-refractivity contribution in [1.82, 2.24) is 20.2 Å². The van der Waals surface area contributed by atoms with Crippen LogP contribution < -0.4 is 4.90 Å². The van der Waals surface area contributed by atoms with Gasteiger partial charge < -0.3 is 4.90 Å². The molecule has 1 unspecified atom stereocenters. The molecule has 1 aromatic heterocycles. The number of tetrazole rings is 1. The second-order valence-corrected chi connectivity index (χ2v) is 6.05. The summed E-state index contributed by atoms with van der Waals surface area (Å²) < 4.78 is 1.80. The van der Waals surface area contributed by atoms with Crippen molar-refractivity contribution in [2.24, 2.45) is 4.99 Å². The Kier molecular flexibility index (Phi) is 3.57. The van der Waals surface area contributed by atoms with E-state index in [0.717, 1.165) is 17.7 Å². The highest BCUT2D eigenvalue weighted by molar-refractivity contribution is 6.02. The number of benzene rings is 2. The molecule has 2 heterocycles. The fourth-order valence-corrected chi connectivity index (χ4v) is 2.97. The van der Waals surface area contributed by atoms with E-state index < -0.39 is 0 Å². The predicted molar refractivity (Wildman–Crippen MR) is 94.0 cm³/mol. The van der Waals surface area contributed by atoms with Crippen LogP contribution in [0, 0.1) is 0 Å². The monoisotopic (exact) mass is 318 g/mol. The largest absolute Gasteiger partial charge is 0.378 e. The van der Waals surface area contributed by atoms with Gasteiger partial charge in [0.1, 0.15) is 0 Å². The molecule has 0 fully saturated rings. The maximum absolute atomic E-state index is 4.63. The average Bonchev–Trinajstić information content (AvgIpc) is 3.10. The van der Waals surface area contributed by atoms with Gasteiger partial charge in [0, 0.05) is 26.2 Å². The first-order chi connectivity index (χ1) is 11.7. The van der Waals surface area contributed by atoms with Crippen LogP contribution in [0.2, 0.25) is 0 Å². The third-order valence-corrected chi connectivity index (χ3v) is 4.29. The predicted octanol–water partition coefficient (Wildman–Crippen LogP) is 2.85. The fourth-order valence-electron chi connectivity index (χ4n) is 2.97. The number of anilines is 1. The molecular formula is C18H18N6. The summed E-state index contributed by atoms with van der Waals surface area (Å²) in [5.41, 5.74) is 4.47. The van der Waals surface area contributed by atoms with Crippen LogP contribution in [0.25, 0.3) is 0 Å². The Morgan fingerprint density at radius 1 is 1.00 bits per heavy atom. The number of rotatable bonds is 3. The van der Waals surface area contributed by atoms with Gasteiger partial charge in [-0.2, -0.15) is 0 Å². The Morgan fingerprint density at radius 2 is 1.75 bits per heavy atom. The van der Waals surface area contributed by atoms with Crippen molar-refractivity contribution in [3.05, 3.63) is 65.7 Å². The molecule has 0 bridgehead atoms. The van der Waals surface area contributed by atoms with Crippen LogP contribution >= 0.6 is 0 Å². The summed E-state index contributed by atoms with van der Waals surface area (Å²) in [6, 6.07) is 18.8. The summed E-state index contributed by atoms with van der Waals surface area (Å²) in [6.45, 7) is 0. The molecule has 24 heavy (non-hydrogen) atoms. The van der Waals surface area contributed by atoms with E-state index in [9.17, 15) is 0 Å². The number of hydrogen-bond donors (Lipinski definition) is 0. The number of aromatic nitrogens is 4. The lowest BCUT2D eigenvalue weighted by Crippen LogP contribution is -2.21. The van der Waals surface area contributed by atoms with Gasteiger partial charge in [-0.15, -0.1) is 0 Å². The first-order valence-electron chi connectivity index (χ1n) is 7.90. The van der Waals surface area contributed by atoms with E-state index in [-0.39, 0.29) is 6.04 Å². The second-order valence-electron chi connectivity index (χ2n) is 6.05. The van der Waals surface area contributed by atoms with E-state index in [2.05, 4.69) is 61.8 Å². The summed E-state index contributed by atoms with van der Waals surface area (Å²) in [5.74, 6) is 0.557. The van der Waals surface area contributed by atoms with E-state index in [4.69, 9.17) is 0 Å². The van der Waals surface area contributed by atoms with E-state index in [0.29, 0.717) is 5.95 Å². The normalized spacial score (nSPS) is 16.4. The Labute approximate surface area is 140 Å². The van der Waals surface area contributed by atoms with Gasteiger partial charge in [-0.25, -0.2) is 9.67 Å². The van der Waals surface area contributed by atoms with E-state index >= 15 is 0 Å². The minimum Gasteiger partial charge on any atom is -0.378 e. The summed E-state index contributed by atoms with van der Waals surface area (Å²) in [5, 5.41) is 12.0. The van der Waals surface area contributed by atoms with Gasteiger partial charge in [0.05, 0.1) is 11.8 Å². The van der Waals surface area contributed by atoms with Gasteiger partial charge in [0.25, 0.3) is 5.95 Å². The van der Waals surface area contributed by atoms with Gasteiger partial charge in [-0.05, 0) is 33.7 Å². The van der Waals surface area contributed by atoms with Crippen LogP contribution in [0.15, 0.2) is 59.6 Å². The molecule has 4 rings (SSSR count). The van der Waals surface area contributed by atoms with Crippen LogP contribution in [0.3, 0.4) is 0 Å². The van der Waals surface area contributed by atoms with Gasteiger partial charge >= 0.3 is 0 Å². The maximum atomic E-state index is 4.63. The van der Waals surface area contributed by atoms with Crippen molar-refractivity contribution in [2.75, 3.05) is 19.0 Å². The molecule has 0 saturated heterocycles. The zero-order chi connectivity index (χ0) is 16.5. The van der Waals surface area contributed by atoms with Crippen molar-refractivity contribution in [2.45, 2.75) is 12.5 Å². The second kappa shape index (κ2) is 5.88. The molecule has 0 saturated carbocycles. The number of aliphatic imine (C=N–C) groups is 1. The van der Waals surface area contributed by atoms with Crippen molar-refractivity contribution in [3.8, 4) is 0 Å². The zero-order valence-electron chi connectivity index (χ0n) is 13.7. The Bertz CT molecular complexity index is 864. The molecule has 1 aliphatic heterocycles. The molecular weight excluding hydrogens is 300 g/mol. The molecule has 2 aromatic carbocycles. The van der Waals surface area contributed by atoms with Crippen LogP contribution in [0.5, 0.6) is 0 Å². The highest BCUT2D eigenvalue weighted by atomic mass is 15.6. The quantitative estimate of drug-likeness (QED) is 0.745. The van der Waals surface area contributed by atoms with Gasteiger partial charge in [0.2, 0.25) is 0 Å². The molecule has 1 aliphatic rings. The molecule has 0 radical (unpaired) electrons. The lowest BCUT2D eigenvalue weighted by Gasteiger charge is -2.23. The standard InChI is InChI=1S/C18H18N6/c1-23(2)15-10-8-14(9-11-15)17-12-16(13-6-4-3-5-7-13)19-18-20-21-22-24(17)18/h3-11,17H,12H2,1-2H3. The van der Waals surface area contributed by atoms with Crippen molar-refractivity contribution >= 4 is 17.3 Å². The SMILES string of the molecule is CN(C)c1ccc(C2CC(c3ccccc3)=Nc3nnnn32)cc1. The van der Waals surface area contributed by atoms with Crippen molar-refractivity contribution in [3.63, 3.8) is 0 Å². The van der Waals surface area contributed by atoms with Crippen LogP contribution in [-0.4, -0.2) is 40.0 Å². The topological polar surface area (TPSA) is 59.2 Å². The molecule has 120 valence electrons.